The molecule has 0 spiro atoms. The molecule has 1 aromatic carbocycles. The van der Waals surface area contributed by atoms with Crippen LogP contribution in [0.1, 0.15) is 57.9 Å². The minimum absolute atomic E-state index is 0.130. The second-order valence-electron chi connectivity index (χ2n) is 13.7. The van der Waals surface area contributed by atoms with Crippen molar-refractivity contribution in [3.8, 4) is 17.3 Å². The van der Waals surface area contributed by atoms with Gasteiger partial charge in [-0.3, -0.25) is 9.36 Å². The van der Waals surface area contributed by atoms with E-state index in [4.69, 9.17) is 35.8 Å². The fraction of sp³-hybridized carbons (Fsp3) is 0.606. The normalized spacial score (nSPS) is 19.9. The molecule has 1 aliphatic carbocycles. The molecule has 266 valence electrons. The summed E-state index contributed by atoms with van der Waals surface area (Å²) in [5.74, 6) is -2.16. The number of benzene rings is 1. The molecule has 2 heterocycles. The van der Waals surface area contributed by atoms with Crippen molar-refractivity contribution < 1.29 is 36.4 Å². The molecule has 0 aliphatic heterocycles. The monoisotopic (exact) mass is 730 g/mol. The topological polar surface area (TPSA) is 105 Å². The van der Waals surface area contributed by atoms with E-state index in [0.717, 1.165) is 23.4 Å². The number of imidazole rings is 1. The van der Waals surface area contributed by atoms with Gasteiger partial charge < -0.3 is 14.2 Å². The van der Waals surface area contributed by atoms with E-state index in [1.807, 2.05) is 49.6 Å². The van der Waals surface area contributed by atoms with Crippen LogP contribution in [0.15, 0.2) is 34.7 Å². The lowest BCUT2D eigenvalue weighted by Gasteiger charge is -2.29. The minimum Gasteiger partial charge on any atom is -0.459 e. The molecule has 0 saturated heterocycles. The van der Waals surface area contributed by atoms with Gasteiger partial charge in [0.25, 0.3) is 0 Å². The summed E-state index contributed by atoms with van der Waals surface area (Å²) < 4.78 is 74.0. The number of ether oxygens (including phenoxy) is 3. The second kappa shape index (κ2) is 15.6. The summed E-state index contributed by atoms with van der Waals surface area (Å²) in [5, 5.41) is -0.144. The van der Waals surface area contributed by atoms with Crippen molar-refractivity contribution in [2.24, 2.45) is 4.36 Å². The van der Waals surface area contributed by atoms with Crippen LogP contribution >= 0.6 is 11.6 Å². The maximum Gasteiger partial charge on any atom is 0.474 e. The summed E-state index contributed by atoms with van der Waals surface area (Å²) in [6, 6.07) is 11.0. The summed E-state index contributed by atoms with van der Waals surface area (Å²) in [5.41, 5.74) is 3.58. The zero-order valence-electron chi connectivity index (χ0n) is 28.6. The maximum absolute atomic E-state index is 12.9. The molecule has 4 rings (SSSR count). The standard InChI is InChI=1S/C33H46ClF3N4O5SSi/c1-8-45-21(2)22(3)46-32-38-28-19-27(34)29(39-30(28)41(32)20-44-17-18-48(5,6)7)25-11-9-23(10-12-25)24-13-15-26(16-14-24)47(4,43)40-31(42)33(35,36)37/h9-12,19,21-22,24,26H,8,13-18,20H2,1-7H3/t21-,22+,24?,26?,47?/m0/s1. The third-order valence-corrected chi connectivity index (χ3v) is 12.9. The fourth-order valence-corrected chi connectivity index (χ4v) is 8.39. The Morgan fingerprint density at radius 2 is 1.75 bits per heavy atom. The third kappa shape index (κ3) is 9.80. The zero-order valence-corrected chi connectivity index (χ0v) is 31.2. The SMILES string of the molecule is CCO[C@@H](C)[C@@H](C)Oc1nc2cc(Cl)c(-c3ccc(C4CCC(S(C)(=O)=NC(=O)C(F)(F)F)CC4)cc3)nc2n1COCC[Si](C)(C)C. The Morgan fingerprint density at radius 1 is 1.10 bits per heavy atom. The Morgan fingerprint density at radius 3 is 2.33 bits per heavy atom. The minimum atomic E-state index is -5.13. The van der Waals surface area contributed by atoms with E-state index in [1.54, 1.807) is 6.07 Å². The van der Waals surface area contributed by atoms with Gasteiger partial charge in [0.05, 0.1) is 26.5 Å². The summed E-state index contributed by atoms with van der Waals surface area (Å²) in [4.78, 5) is 21.0. The average Bonchev–Trinajstić information content (AvgIpc) is 3.33. The number of hydrogen-bond acceptors (Lipinski definition) is 7. The highest BCUT2D eigenvalue weighted by Gasteiger charge is 2.40. The number of carbonyl (C=O) groups excluding carboxylic acids is 1. The van der Waals surface area contributed by atoms with Crippen molar-refractivity contribution in [1.29, 1.82) is 0 Å². The van der Waals surface area contributed by atoms with Crippen LogP contribution in [-0.2, 0) is 30.7 Å². The molecule has 3 aromatic rings. The zero-order chi connectivity index (χ0) is 35.4. The van der Waals surface area contributed by atoms with Crippen molar-refractivity contribution in [3.63, 3.8) is 0 Å². The number of alkyl halides is 3. The quantitative estimate of drug-likeness (QED) is 0.128. The van der Waals surface area contributed by atoms with Crippen molar-refractivity contribution in [2.45, 2.75) is 108 Å². The molecule has 0 radical (unpaired) electrons. The molecule has 48 heavy (non-hydrogen) atoms. The Balaban J connectivity index is 1.55. The van der Waals surface area contributed by atoms with Gasteiger partial charge in [-0.15, -0.1) is 0 Å². The number of aromatic nitrogens is 3. The highest BCUT2D eigenvalue weighted by Crippen LogP contribution is 2.38. The predicted molar refractivity (Wildman–Crippen MR) is 186 cm³/mol. The third-order valence-electron chi connectivity index (χ3n) is 8.69. The Labute approximate surface area is 287 Å². The van der Waals surface area contributed by atoms with Crippen LogP contribution in [0.5, 0.6) is 6.01 Å². The van der Waals surface area contributed by atoms with Crippen LogP contribution in [-0.4, -0.2) is 75.8 Å². The smallest absolute Gasteiger partial charge is 0.459 e. The molecule has 0 bridgehead atoms. The van der Waals surface area contributed by atoms with E-state index in [9.17, 15) is 22.2 Å². The molecular formula is C33H46ClF3N4O5SSi. The van der Waals surface area contributed by atoms with Gasteiger partial charge in [-0.2, -0.15) is 22.5 Å². The maximum atomic E-state index is 12.9. The molecule has 1 aliphatic rings. The number of nitrogens with zero attached hydrogens (tertiary/aromatic N) is 4. The molecule has 1 amide bonds. The number of rotatable bonds is 13. The van der Waals surface area contributed by atoms with Gasteiger partial charge in [0.15, 0.2) is 5.65 Å². The van der Waals surface area contributed by atoms with Gasteiger partial charge >= 0.3 is 18.1 Å². The van der Waals surface area contributed by atoms with Crippen LogP contribution < -0.4 is 4.74 Å². The first-order valence-corrected chi connectivity index (χ1v) is 22.3. The lowest BCUT2D eigenvalue weighted by atomic mass is 9.83. The fourth-order valence-electron chi connectivity index (χ4n) is 5.65. The molecule has 0 N–H and O–H groups in total. The van der Waals surface area contributed by atoms with Crippen LogP contribution in [0.25, 0.3) is 22.4 Å². The molecular weight excluding hydrogens is 685 g/mol. The number of pyridine rings is 1. The van der Waals surface area contributed by atoms with Crippen LogP contribution in [0.3, 0.4) is 0 Å². The first-order valence-electron chi connectivity index (χ1n) is 16.2. The summed E-state index contributed by atoms with van der Waals surface area (Å²) >= 11 is 6.76. The number of hydrogen-bond donors (Lipinski definition) is 0. The summed E-state index contributed by atoms with van der Waals surface area (Å²) in [6.45, 7) is 14.1. The predicted octanol–water partition coefficient (Wildman–Crippen LogP) is 8.47. The Kier molecular flexibility index (Phi) is 12.4. The van der Waals surface area contributed by atoms with Gasteiger partial charge in [-0.05, 0) is 70.0 Å². The van der Waals surface area contributed by atoms with Crippen LogP contribution in [0.2, 0.25) is 30.7 Å². The first kappa shape index (κ1) is 38.3. The van der Waals surface area contributed by atoms with E-state index in [2.05, 4.69) is 24.0 Å². The average molecular weight is 731 g/mol. The van der Waals surface area contributed by atoms with E-state index >= 15 is 0 Å². The summed E-state index contributed by atoms with van der Waals surface area (Å²) in [7, 11) is -4.61. The Bertz CT molecular complexity index is 1700. The van der Waals surface area contributed by atoms with Crippen molar-refractivity contribution >= 4 is 46.5 Å². The number of fused-ring (bicyclic) bond motifs is 1. The highest BCUT2D eigenvalue weighted by molar-refractivity contribution is 7.93. The molecule has 1 unspecified atom stereocenters. The molecule has 9 nitrogen and oxygen atoms in total. The molecule has 1 fully saturated rings. The van der Waals surface area contributed by atoms with Gasteiger partial charge in [-0.1, -0.05) is 55.5 Å². The van der Waals surface area contributed by atoms with Crippen LogP contribution in [0.4, 0.5) is 13.2 Å². The van der Waals surface area contributed by atoms with Gasteiger partial charge in [-0.25, -0.2) is 9.19 Å². The summed E-state index contributed by atoms with van der Waals surface area (Å²) in [6.07, 6.45) is -2.35. The molecule has 2 aromatic heterocycles. The lowest BCUT2D eigenvalue weighted by Crippen LogP contribution is -2.30. The molecule has 1 saturated carbocycles. The first-order chi connectivity index (χ1) is 22.4. The van der Waals surface area contributed by atoms with Crippen LogP contribution in [0, 0.1) is 0 Å². The van der Waals surface area contributed by atoms with E-state index in [1.165, 1.54) is 0 Å². The second-order valence-corrected chi connectivity index (χ2v) is 22.3. The van der Waals surface area contributed by atoms with Crippen molar-refractivity contribution in [2.75, 3.05) is 19.5 Å². The van der Waals surface area contributed by atoms with Crippen molar-refractivity contribution in [3.05, 3.63) is 40.9 Å². The van der Waals surface area contributed by atoms with Gasteiger partial charge in [0, 0.05) is 38.4 Å². The van der Waals surface area contributed by atoms with Crippen molar-refractivity contribution in [1.82, 2.24) is 14.5 Å². The van der Waals surface area contributed by atoms with E-state index in [0.29, 0.717) is 66.8 Å². The number of carbonyl (C=O) groups is 1. The van der Waals surface area contributed by atoms with Gasteiger partial charge in [0.2, 0.25) is 0 Å². The van der Waals surface area contributed by atoms with E-state index < -0.39 is 35.1 Å². The van der Waals surface area contributed by atoms with Gasteiger partial charge in [0.1, 0.15) is 18.4 Å². The molecule has 15 heteroatoms. The largest absolute Gasteiger partial charge is 0.474 e. The number of amides is 1. The highest BCUT2D eigenvalue weighted by atomic mass is 35.5. The van der Waals surface area contributed by atoms with E-state index in [-0.39, 0.29) is 24.9 Å². The Hall–Kier alpha value is -2.52. The number of halogens is 4. The molecule has 3 atom stereocenters. The lowest BCUT2D eigenvalue weighted by molar-refractivity contribution is -0.169.